The number of imide groups is 2. The van der Waals surface area contributed by atoms with Crippen molar-refractivity contribution in [3.8, 4) is 0 Å². The van der Waals surface area contributed by atoms with Crippen LogP contribution >= 0.6 is 23.5 Å². The molecule has 1 aliphatic heterocycles. The summed E-state index contributed by atoms with van der Waals surface area (Å²) in [5, 5.41) is 30.1. The summed E-state index contributed by atoms with van der Waals surface area (Å²) in [6, 6.07) is 8.37. The van der Waals surface area contributed by atoms with E-state index in [1.807, 2.05) is 47.9 Å². The zero-order chi connectivity index (χ0) is 51.7. The molecule has 70 heavy (non-hydrogen) atoms. The number of carboxylic acid groups (broad SMARTS) is 1. The number of carbonyl (C=O) groups is 11. The van der Waals surface area contributed by atoms with Gasteiger partial charge in [0.15, 0.2) is 0 Å². The predicted octanol–water partition coefficient (Wildman–Crippen LogP) is 0.568. The maximum absolute atomic E-state index is 14.3. The molecule has 3 aromatic carbocycles. The standard InChI is InChI=1S/C47H59N9O12S2/c1-24-15-29-17-30(16-24)22-70-23-37(46(67)56-47(68)51-28(5)57)55-42(63)27(4)50-44(65)35(18-32-11-8-10-31-9-6-7-12-33(31)32)54-43(64)34(13-14-39(59)60)52-45(66)36(19-38(48)58)53-41(62)26(3)49-40(61)25(2)20-69-21-29/h6-12,15-17,25-27,34-37H,13-14,18-23H2,1-5H3,(H2,48,58)(H,49,61)(H,50,65)(H,52,66)(H,53,62)(H,54,64)(H,55,63)(H,59,60)(H2,51,56,57,67,68)/t25-,26+,27+,34-,35-,36-,37-/m0/s1. The lowest BCUT2D eigenvalue weighted by Gasteiger charge is -2.27. The number of hydrogen-bond acceptors (Lipinski definition) is 13. The molecule has 3 aromatic rings. The lowest BCUT2D eigenvalue weighted by atomic mass is 9.97. The molecule has 11 amide bonds. The summed E-state index contributed by atoms with van der Waals surface area (Å²) in [5.74, 6) is -8.80. The van der Waals surface area contributed by atoms with Crippen LogP contribution < -0.4 is 48.3 Å². The topological polar surface area (TPSA) is 330 Å². The first-order valence-corrected chi connectivity index (χ1v) is 24.6. The Labute approximate surface area is 412 Å². The molecule has 1 aliphatic rings. The monoisotopic (exact) mass is 1010 g/mol. The molecule has 0 spiro atoms. The molecule has 2 bridgehead atoms. The molecule has 0 fully saturated rings. The molecule has 0 aromatic heterocycles. The smallest absolute Gasteiger partial charge is 0.328 e. The number of urea groups is 1. The Morgan fingerprint density at radius 2 is 1.23 bits per heavy atom. The van der Waals surface area contributed by atoms with Crippen molar-refractivity contribution in [1.82, 2.24) is 42.5 Å². The number of aliphatic carboxylic acids is 1. The summed E-state index contributed by atoms with van der Waals surface area (Å²) in [6.45, 7) is 7.33. The van der Waals surface area contributed by atoms with Gasteiger partial charge in [-0.3, -0.25) is 58.6 Å². The van der Waals surface area contributed by atoms with E-state index in [1.165, 1.54) is 37.4 Å². The minimum Gasteiger partial charge on any atom is -0.481 e. The zero-order valence-electron chi connectivity index (χ0n) is 39.3. The maximum atomic E-state index is 14.3. The number of nitrogens with two attached hydrogens (primary N) is 1. The first-order chi connectivity index (χ1) is 33.1. The van der Waals surface area contributed by atoms with Crippen LogP contribution in [0.3, 0.4) is 0 Å². The molecule has 0 radical (unpaired) electrons. The zero-order valence-corrected chi connectivity index (χ0v) is 40.9. The van der Waals surface area contributed by atoms with Crippen molar-refractivity contribution in [1.29, 1.82) is 0 Å². The molecular weight excluding hydrogens is 947 g/mol. The molecule has 376 valence electrons. The first-order valence-electron chi connectivity index (χ1n) is 22.3. The SMILES string of the molecule is CC(=O)NC(=O)NC(=O)[C@@H]1CSCc2cc(C)cc(c2)CSC[C@H](C)C(=O)N[C@H](C)C(=O)N[C@@H](CC(N)=O)C(=O)N[C@@H](CCC(=O)O)C(=O)N[C@@H](Cc2cccc3ccccc23)C(=O)N[C@H](C)C(=O)N1. The van der Waals surface area contributed by atoms with Crippen LogP contribution in [0.15, 0.2) is 60.7 Å². The van der Waals surface area contributed by atoms with Crippen LogP contribution in [0.1, 0.15) is 69.2 Å². The second-order valence-electron chi connectivity index (χ2n) is 16.9. The number of carbonyl (C=O) groups excluding carboxylic acids is 10. The number of amides is 11. The van der Waals surface area contributed by atoms with E-state index >= 15 is 0 Å². The van der Waals surface area contributed by atoms with Gasteiger partial charge in [-0.15, -0.1) is 0 Å². The minimum absolute atomic E-state index is 0.0732. The van der Waals surface area contributed by atoms with E-state index in [9.17, 15) is 57.8 Å². The van der Waals surface area contributed by atoms with Gasteiger partial charge in [0, 0.05) is 48.7 Å². The summed E-state index contributed by atoms with van der Waals surface area (Å²) >= 11 is 2.71. The number of carboxylic acids is 1. The number of rotatable bonds is 8. The second-order valence-corrected chi connectivity index (χ2v) is 19.0. The summed E-state index contributed by atoms with van der Waals surface area (Å²) in [6.07, 6.45) is -2.12. The number of fused-ring (bicyclic) bond motifs is 3. The van der Waals surface area contributed by atoms with E-state index in [0.29, 0.717) is 28.2 Å². The first kappa shape index (κ1) is 55.6. The van der Waals surface area contributed by atoms with Crippen molar-refractivity contribution in [3.63, 3.8) is 0 Å². The molecular formula is C47H59N9O12S2. The second kappa shape index (κ2) is 26.7. The van der Waals surface area contributed by atoms with Crippen molar-refractivity contribution < 1.29 is 57.8 Å². The Morgan fingerprint density at radius 3 is 1.87 bits per heavy atom. The quantitative estimate of drug-likeness (QED) is 0.148. The van der Waals surface area contributed by atoms with Crippen LogP contribution in [0.4, 0.5) is 4.79 Å². The summed E-state index contributed by atoms with van der Waals surface area (Å²) in [4.78, 5) is 144. The molecule has 7 atom stereocenters. The number of aryl methyl sites for hydroxylation is 1. The van der Waals surface area contributed by atoms with E-state index in [4.69, 9.17) is 5.73 Å². The van der Waals surface area contributed by atoms with Crippen molar-refractivity contribution in [3.05, 3.63) is 82.9 Å². The van der Waals surface area contributed by atoms with E-state index < -0.39 is 127 Å². The molecule has 23 heteroatoms. The Bertz CT molecular complexity index is 2480. The van der Waals surface area contributed by atoms with Gasteiger partial charge in [0.1, 0.15) is 36.3 Å². The Balaban J connectivity index is 1.73. The van der Waals surface area contributed by atoms with E-state index in [2.05, 4.69) is 31.9 Å². The van der Waals surface area contributed by atoms with Gasteiger partial charge in [-0.1, -0.05) is 73.2 Å². The number of thioether (sulfide) groups is 2. The van der Waals surface area contributed by atoms with E-state index in [0.717, 1.165) is 29.0 Å². The average Bonchev–Trinajstić information content (AvgIpc) is 3.28. The fourth-order valence-corrected chi connectivity index (χ4v) is 9.21. The minimum atomic E-state index is -1.69. The van der Waals surface area contributed by atoms with Gasteiger partial charge in [0.25, 0.3) is 5.91 Å². The molecule has 21 nitrogen and oxygen atoms in total. The van der Waals surface area contributed by atoms with Crippen molar-refractivity contribution in [2.24, 2.45) is 11.7 Å². The third-order valence-electron chi connectivity index (χ3n) is 10.8. The van der Waals surface area contributed by atoms with Crippen molar-refractivity contribution in [2.75, 3.05) is 11.5 Å². The van der Waals surface area contributed by atoms with Crippen LogP contribution in [-0.2, 0) is 65.9 Å². The van der Waals surface area contributed by atoms with Gasteiger partial charge in [-0.05, 0) is 54.7 Å². The summed E-state index contributed by atoms with van der Waals surface area (Å²) in [5.41, 5.74) is 8.74. The Morgan fingerprint density at radius 1 is 0.671 bits per heavy atom. The fraction of sp³-hybridized carbons (Fsp3) is 0.426. The predicted molar refractivity (Wildman–Crippen MR) is 261 cm³/mol. The van der Waals surface area contributed by atoms with Gasteiger partial charge in [0.2, 0.25) is 47.3 Å². The van der Waals surface area contributed by atoms with Gasteiger partial charge >= 0.3 is 12.0 Å². The highest BCUT2D eigenvalue weighted by Gasteiger charge is 2.34. The molecule has 0 aliphatic carbocycles. The number of nitrogens with one attached hydrogen (secondary N) is 8. The maximum Gasteiger partial charge on any atom is 0.328 e. The number of hydrogen-bond donors (Lipinski definition) is 10. The van der Waals surface area contributed by atoms with Gasteiger partial charge in [-0.2, -0.15) is 23.5 Å². The van der Waals surface area contributed by atoms with Crippen molar-refractivity contribution in [2.45, 2.75) is 108 Å². The molecule has 0 saturated heterocycles. The van der Waals surface area contributed by atoms with Crippen LogP contribution in [0, 0.1) is 12.8 Å². The molecule has 0 saturated carbocycles. The Hall–Kier alpha value is -7.01. The van der Waals surface area contributed by atoms with Gasteiger partial charge < -0.3 is 42.7 Å². The van der Waals surface area contributed by atoms with Crippen LogP contribution in [0.2, 0.25) is 0 Å². The molecule has 4 rings (SSSR count). The van der Waals surface area contributed by atoms with Crippen molar-refractivity contribution >= 4 is 99.5 Å². The van der Waals surface area contributed by atoms with E-state index in [1.54, 1.807) is 37.3 Å². The lowest BCUT2D eigenvalue weighted by molar-refractivity contribution is -0.139. The fourth-order valence-electron chi connectivity index (χ4n) is 7.20. The highest BCUT2D eigenvalue weighted by Crippen LogP contribution is 2.23. The number of benzene rings is 3. The number of primary amides is 1. The van der Waals surface area contributed by atoms with Crippen LogP contribution in [-0.4, -0.2) is 118 Å². The summed E-state index contributed by atoms with van der Waals surface area (Å²) < 4.78 is 0. The van der Waals surface area contributed by atoms with E-state index in [-0.39, 0.29) is 12.2 Å². The van der Waals surface area contributed by atoms with Crippen LogP contribution in [0.5, 0.6) is 0 Å². The summed E-state index contributed by atoms with van der Waals surface area (Å²) in [7, 11) is 0. The largest absolute Gasteiger partial charge is 0.481 e. The van der Waals surface area contributed by atoms with Gasteiger partial charge in [0.05, 0.1) is 6.42 Å². The van der Waals surface area contributed by atoms with Gasteiger partial charge in [-0.25, -0.2) is 4.79 Å². The third kappa shape index (κ3) is 17.8. The third-order valence-corrected chi connectivity index (χ3v) is 13.1. The molecule has 11 N–H and O–H groups in total. The average molecular weight is 1010 g/mol. The van der Waals surface area contributed by atoms with Crippen LogP contribution in [0.25, 0.3) is 10.8 Å². The molecule has 1 heterocycles. The lowest BCUT2D eigenvalue weighted by Crippen LogP contribution is -2.60. The highest BCUT2D eigenvalue weighted by atomic mass is 32.2. The molecule has 0 unspecified atom stereocenters. The highest BCUT2D eigenvalue weighted by molar-refractivity contribution is 7.98. The Kier molecular flexibility index (Phi) is 21.2. The normalized spacial score (nSPS) is 22.8.